The lowest BCUT2D eigenvalue weighted by molar-refractivity contribution is 0.100. The molecule has 0 N–H and O–H groups in total. The van der Waals surface area contributed by atoms with Crippen LogP contribution in [0.3, 0.4) is 0 Å². The van der Waals surface area contributed by atoms with Crippen molar-refractivity contribution in [1.29, 1.82) is 0 Å². The van der Waals surface area contributed by atoms with Crippen molar-refractivity contribution in [2.75, 3.05) is 0 Å². The second kappa shape index (κ2) is 6.50. The lowest BCUT2D eigenvalue weighted by Gasteiger charge is -2.04. The number of hydrogen-bond acceptors (Lipinski definition) is 3. The number of aromatic nitrogens is 1. The summed E-state index contributed by atoms with van der Waals surface area (Å²) in [6, 6.07) is 7.09. The highest BCUT2D eigenvalue weighted by Gasteiger charge is 2.13. The Hall–Kier alpha value is -1.58. The molecule has 3 rings (SSSR count). The summed E-state index contributed by atoms with van der Waals surface area (Å²) < 4.78 is 3.38. The highest BCUT2D eigenvalue weighted by atomic mass is 35.5. The Morgan fingerprint density at radius 1 is 1.30 bits per heavy atom. The number of carbonyl (C=O) groups is 1. The van der Waals surface area contributed by atoms with Gasteiger partial charge in [0, 0.05) is 5.02 Å². The van der Waals surface area contributed by atoms with Gasteiger partial charge >= 0.3 is 0 Å². The molecule has 116 valence electrons. The average molecular weight is 381 g/mol. The SMILES string of the molecule is C#CCn1c(=NC(=O)c2ccc(Cl)s2)sc2ccc(Cl)c(C)c21. The standard InChI is InChI=1S/C16H10Cl2N2OS2/c1-3-8-20-14-9(2)10(17)4-5-11(14)23-16(20)19-15(21)12-6-7-13(18)22-12/h1,4-7H,8H2,2H3. The van der Waals surface area contributed by atoms with Crippen LogP contribution < -0.4 is 4.80 Å². The second-order valence-electron chi connectivity index (χ2n) is 4.71. The Labute approximate surface area is 150 Å². The van der Waals surface area contributed by atoms with Crippen LogP contribution in [0.5, 0.6) is 0 Å². The number of carbonyl (C=O) groups excluding carboxylic acids is 1. The van der Waals surface area contributed by atoms with Crippen molar-refractivity contribution in [3.8, 4) is 12.3 Å². The van der Waals surface area contributed by atoms with Crippen LogP contribution in [0.25, 0.3) is 10.2 Å². The highest BCUT2D eigenvalue weighted by Crippen LogP contribution is 2.27. The minimum Gasteiger partial charge on any atom is -0.304 e. The molecule has 0 bridgehead atoms. The number of thiophene rings is 1. The number of nitrogens with zero attached hydrogens (tertiary/aromatic N) is 2. The quantitative estimate of drug-likeness (QED) is 0.590. The Bertz CT molecular complexity index is 1020. The molecule has 2 aromatic heterocycles. The molecule has 3 nitrogen and oxygen atoms in total. The van der Waals surface area contributed by atoms with Crippen molar-refractivity contribution in [2.24, 2.45) is 4.99 Å². The van der Waals surface area contributed by atoms with Crippen LogP contribution in [-0.4, -0.2) is 10.5 Å². The van der Waals surface area contributed by atoms with E-state index in [1.165, 1.54) is 22.7 Å². The van der Waals surface area contributed by atoms with Gasteiger partial charge in [0.25, 0.3) is 5.91 Å². The first kappa shape index (κ1) is 16.3. The van der Waals surface area contributed by atoms with E-state index in [0.717, 1.165) is 15.8 Å². The third-order valence-corrected chi connectivity index (χ3v) is 5.93. The predicted octanol–water partition coefficient (Wildman–Crippen LogP) is 4.75. The van der Waals surface area contributed by atoms with Gasteiger partial charge in [0.15, 0.2) is 4.80 Å². The van der Waals surface area contributed by atoms with E-state index >= 15 is 0 Å². The van der Waals surface area contributed by atoms with Crippen LogP contribution in [0.1, 0.15) is 15.2 Å². The van der Waals surface area contributed by atoms with Crippen LogP contribution in [0, 0.1) is 19.3 Å². The van der Waals surface area contributed by atoms with Gasteiger partial charge in [-0.05, 0) is 36.8 Å². The minimum atomic E-state index is -0.331. The summed E-state index contributed by atoms with van der Waals surface area (Å²) in [6.07, 6.45) is 5.47. The summed E-state index contributed by atoms with van der Waals surface area (Å²) in [4.78, 5) is 17.6. The zero-order valence-corrected chi connectivity index (χ0v) is 15.1. The van der Waals surface area contributed by atoms with Crippen LogP contribution in [-0.2, 0) is 6.54 Å². The maximum Gasteiger partial charge on any atom is 0.289 e. The van der Waals surface area contributed by atoms with Crippen LogP contribution in [0.15, 0.2) is 29.3 Å². The molecule has 0 fully saturated rings. The van der Waals surface area contributed by atoms with Gasteiger partial charge in [0.1, 0.15) is 0 Å². The van der Waals surface area contributed by atoms with Crippen molar-refractivity contribution in [3.05, 3.63) is 48.9 Å². The number of terminal acetylenes is 1. The lowest BCUT2D eigenvalue weighted by atomic mass is 10.2. The summed E-state index contributed by atoms with van der Waals surface area (Å²) in [7, 11) is 0. The number of hydrogen-bond donors (Lipinski definition) is 0. The van der Waals surface area contributed by atoms with Crippen molar-refractivity contribution in [1.82, 2.24) is 4.57 Å². The molecular formula is C16H10Cl2N2OS2. The molecule has 23 heavy (non-hydrogen) atoms. The highest BCUT2D eigenvalue weighted by molar-refractivity contribution is 7.18. The molecule has 0 atom stereocenters. The lowest BCUT2D eigenvalue weighted by Crippen LogP contribution is -2.16. The largest absolute Gasteiger partial charge is 0.304 e. The number of benzene rings is 1. The molecule has 0 radical (unpaired) electrons. The topological polar surface area (TPSA) is 34.4 Å². The average Bonchev–Trinajstić information content (AvgIpc) is 3.09. The maximum atomic E-state index is 12.3. The van der Waals surface area contributed by atoms with E-state index < -0.39 is 0 Å². The molecule has 0 aliphatic carbocycles. The summed E-state index contributed by atoms with van der Waals surface area (Å²) in [5.74, 6) is 2.27. The molecule has 1 aromatic carbocycles. The minimum absolute atomic E-state index is 0.318. The summed E-state index contributed by atoms with van der Waals surface area (Å²) >= 11 is 14.7. The number of aryl methyl sites for hydroxylation is 1. The van der Waals surface area contributed by atoms with E-state index in [1.807, 2.05) is 23.6 Å². The van der Waals surface area contributed by atoms with Gasteiger partial charge in [-0.15, -0.1) is 17.8 Å². The molecule has 0 aliphatic heterocycles. The first-order valence-corrected chi connectivity index (χ1v) is 8.96. The smallest absolute Gasteiger partial charge is 0.289 e. The van der Waals surface area contributed by atoms with Gasteiger partial charge in [-0.3, -0.25) is 4.79 Å². The van der Waals surface area contributed by atoms with Crippen LogP contribution in [0.4, 0.5) is 0 Å². The van der Waals surface area contributed by atoms with Crippen molar-refractivity contribution >= 4 is 62.0 Å². The molecule has 0 saturated heterocycles. The van der Waals surface area contributed by atoms with E-state index in [1.54, 1.807) is 12.1 Å². The Morgan fingerprint density at radius 2 is 2.09 bits per heavy atom. The third kappa shape index (κ3) is 3.08. The van der Waals surface area contributed by atoms with Gasteiger partial charge in [-0.1, -0.05) is 40.5 Å². The van der Waals surface area contributed by atoms with Gasteiger partial charge < -0.3 is 4.57 Å². The molecule has 7 heteroatoms. The zero-order chi connectivity index (χ0) is 16.6. The monoisotopic (exact) mass is 380 g/mol. The van der Waals surface area contributed by atoms with Gasteiger partial charge in [0.2, 0.25) is 0 Å². The second-order valence-corrected chi connectivity index (χ2v) is 7.85. The van der Waals surface area contributed by atoms with Crippen molar-refractivity contribution in [3.63, 3.8) is 0 Å². The van der Waals surface area contributed by atoms with Gasteiger partial charge in [0.05, 0.1) is 26.0 Å². The maximum absolute atomic E-state index is 12.3. The van der Waals surface area contributed by atoms with Crippen LogP contribution >= 0.6 is 45.9 Å². The molecule has 0 spiro atoms. The first-order chi connectivity index (χ1) is 11.0. The number of rotatable bonds is 2. The molecule has 3 aromatic rings. The van der Waals surface area contributed by atoms with Gasteiger partial charge in [-0.25, -0.2) is 0 Å². The number of thiazole rings is 1. The van der Waals surface area contributed by atoms with Gasteiger partial charge in [-0.2, -0.15) is 4.99 Å². The van der Waals surface area contributed by atoms with E-state index in [-0.39, 0.29) is 5.91 Å². The third-order valence-electron chi connectivity index (χ3n) is 3.26. The van der Waals surface area contributed by atoms with E-state index in [9.17, 15) is 4.79 Å². The van der Waals surface area contributed by atoms with Crippen LogP contribution in [0.2, 0.25) is 9.36 Å². The fraction of sp³-hybridized carbons (Fsp3) is 0.125. The molecule has 0 saturated carbocycles. The molecule has 0 aliphatic rings. The molecule has 2 heterocycles. The Kier molecular flexibility index (Phi) is 4.60. The number of fused-ring (bicyclic) bond motifs is 1. The summed E-state index contributed by atoms with van der Waals surface area (Å²) in [6.45, 7) is 2.24. The first-order valence-electron chi connectivity index (χ1n) is 6.57. The summed E-state index contributed by atoms with van der Waals surface area (Å²) in [5, 5.41) is 0.656. The van der Waals surface area contributed by atoms with E-state index in [0.29, 0.717) is 25.6 Å². The molecule has 0 unspecified atom stereocenters. The Balaban J connectivity index is 2.23. The normalized spacial score (nSPS) is 11.8. The molecule has 1 amide bonds. The van der Waals surface area contributed by atoms with E-state index in [4.69, 9.17) is 29.6 Å². The predicted molar refractivity (Wildman–Crippen MR) is 97.6 cm³/mol. The number of halogens is 2. The van der Waals surface area contributed by atoms with Crippen molar-refractivity contribution in [2.45, 2.75) is 13.5 Å². The van der Waals surface area contributed by atoms with Crippen molar-refractivity contribution < 1.29 is 4.79 Å². The molecular weight excluding hydrogens is 371 g/mol. The Morgan fingerprint density at radius 3 is 2.74 bits per heavy atom. The fourth-order valence-electron chi connectivity index (χ4n) is 2.21. The summed E-state index contributed by atoms with van der Waals surface area (Å²) in [5.41, 5.74) is 1.83. The zero-order valence-electron chi connectivity index (χ0n) is 12.0. The van der Waals surface area contributed by atoms with E-state index in [2.05, 4.69) is 10.9 Å². The fourth-order valence-corrected chi connectivity index (χ4v) is 4.38. The number of amides is 1.